The number of carbonyl (C=O) groups is 5. The van der Waals surface area contributed by atoms with E-state index in [2.05, 4.69) is 25.1 Å². The Morgan fingerprint density at radius 1 is 1.12 bits per heavy atom. The van der Waals surface area contributed by atoms with E-state index in [0.717, 1.165) is 11.8 Å². The van der Waals surface area contributed by atoms with Gasteiger partial charge in [0.2, 0.25) is 17.4 Å². The summed E-state index contributed by atoms with van der Waals surface area (Å²) in [4.78, 5) is 83.5. The van der Waals surface area contributed by atoms with Crippen LogP contribution in [0.5, 0.6) is 0 Å². The zero-order chi connectivity index (χ0) is 43.1. The number of nitrogens with zero attached hydrogens (tertiary/aromatic N) is 5. The number of carboxylic acids is 1. The lowest BCUT2D eigenvalue weighted by Gasteiger charge is -2.32. The third-order valence-electron chi connectivity index (χ3n) is 9.30. The second-order valence-electron chi connectivity index (χ2n) is 13.2. The molecule has 0 bridgehead atoms. The third kappa shape index (κ3) is 10.5. The number of aromatic nitrogens is 2. The number of nitrogens with two attached hydrogens (primary N) is 1. The molecule has 322 valence electrons. The molecule has 0 aliphatic carbocycles. The van der Waals surface area contributed by atoms with Gasteiger partial charge in [-0.1, -0.05) is 5.16 Å². The van der Waals surface area contributed by atoms with E-state index in [4.69, 9.17) is 29.1 Å². The van der Waals surface area contributed by atoms with Gasteiger partial charge in [-0.05, 0) is 31.4 Å². The van der Waals surface area contributed by atoms with E-state index in [1.165, 1.54) is 17.9 Å². The van der Waals surface area contributed by atoms with E-state index < -0.39 is 102 Å². The standard InChI is InChI=1S/C32H40N8O17S2/c1-12-18(57-32(52)56-12)10-55-31(51)39-4-3-15(7-39)40-5-2-13(27(40)47)6-14-11-58-26(35-19(14)28(48)49)21(34-25(46)20(37-53)24-36-30(33)59-38-24)29(50)54-9-17(43)23(45)22(44)16(42)8-41/h6,15-17,21-23,26,35,41-45,53H,2-5,7-11H2,1H3,(H,34,46)(H,48,49)(H2,33,36,38)/b13-6+,37-20-/t15-,16?,17?,21+,22?,23?,26?/m1/s1. The van der Waals surface area contributed by atoms with E-state index >= 15 is 0 Å². The molecule has 0 radical (unpaired) electrons. The molecule has 5 unspecified atom stereocenters. The molecule has 3 aliphatic rings. The summed E-state index contributed by atoms with van der Waals surface area (Å²) in [6, 6.07) is -2.21. The molecule has 3 aliphatic heterocycles. The highest BCUT2D eigenvalue weighted by Gasteiger charge is 2.41. The monoisotopic (exact) mass is 872 g/mol. The number of amides is 3. The van der Waals surface area contributed by atoms with Crippen LogP contribution in [-0.4, -0.2) is 171 Å². The highest BCUT2D eigenvalue weighted by Crippen LogP contribution is 2.31. The van der Waals surface area contributed by atoms with Crippen molar-refractivity contribution in [2.75, 3.05) is 44.3 Å². The largest absolute Gasteiger partial charge is 0.519 e. The van der Waals surface area contributed by atoms with Gasteiger partial charge in [0.25, 0.3) is 5.91 Å². The molecule has 3 amide bonds. The van der Waals surface area contributed by atoms with Crippen LogP contribution in [0.4, 0.5) is 9.93 Å². The van der Waals surface area contributed by atoms with Crippen molar-refractivity contribution >= 4 is 64.0 Å². The summed E-state index contributed by atoms with van der Waals surface area (Å²) in [6.45, 7) is -0.167. The van der Waals surface area contributed by atoms with E-state index in [-0.39, 0.29) is 72.3 Å². The van der Waals surface area contributed by atoms with Crippen LogP contribution in [0.15, 0.2) is 41.7 Å². The van der Waals surface area contributed by atoms with E-state index in [1.807, 2.05) is 0 Å². The molecule has 5 heterocycles. The van der Waals surface area contributed by atoms with Crippen LogP contribution in [0.1, 0.15) is 30.2 Å². The number of aliphatic hydroxyl groups is 5. The number of likely N-dealkylation sites (tertiary alicyclic amines) is 2. The van der Waals surface area contributed by atoms with Gasteiger partial charge in [-0.3, -0.25) is 9.59 Å². The summed E-state index contributed by atoms with van der Waals surface area (Å²) in [6.07, 6.45) is -6.68. The van der Waals surface area contributed by atoms with Gasteiger partial charge in [-0.25, -0.2) is 19.2 Å². The zero-order valence-electron chi connectivity index (χ0n) is 30.8. The summed E-state index contributed by atoms with van der Waals surface area (Å²) in [5.41, 5.74) is 4.71. The van der Waals surface area contributed by atoms with Crippen molar-refractivity contribution in [1.82, 2.24) is 29.8 Å². The number of rotatable bonds is 16. The smallest absolute Gasteiger partial charge is 0.477 e. The lowest BCUT2D eigenvalue weighted by Crippen LogP contribution is -2.57. The fraction of sp³-hybridized carbons (Fsp3) is 0.531. The number of anilines is 1. The summed E-state index contributed by atoms with van der Waals surface area (Å²) in [5, 5.41) is 75.1. The quantitative estimate of drug-likeness (QED) is 0.0254. The number of carboxylic acid groups (broad SMARTS) is 1. The average molecular weight is 873 g/mol. The maximum Gasteiger partial charge on any atom is 0.519 e. The number of oxime groups is 1. The number of carbonyl (C=O) groups excluding carboxylic acids is 4. The molecule has 2 aromatic heterocycles. The normalized spacial score (nSPS) is 21.8. The van der Waals surface area contributed by atoms with Gasteiger partial charge in [-0.2, -0.15) is 9.36 Å². The molecule has 2 fully saturated rings. The molecule has 7 atom stereocenters. The van der Waals surface area contributed by atoms with E-state index in [0.29, 0.717) is 18.0 Å². The summed E-state index contributed by atoms with van der Waals surface area (Å²) < 4.78 is 23.7. The topological polar surface area (TPSA) is 383 Å². The minimum absolute atomic E-state index is 0.0616. The van der Waals surface area contributed by atoms with Gasteiger partial charge in [0.15, 0.2) is 29.3 Å². The highest BCUT2D eigenvalue weighted by atomic mass is 32.2. The summed E-state index contributed by atoms with van der Waals surface area (Å²) >= 11 is 1.55. The third-order valence-corrected chi connectivity index (χ3v) is 11.1. The fourth-order valence-corrected chi connectivity index (χ4v) is 7.74. The number of aryl methyl sites for hydroxylation is 1. The molecule has 59 heavy (non-hydrogen) atoms. The van der Waals surface area contributed by atoms with Gasteiger partial charge in [-0.15, -0.1) is 11.8 Å². The summed E-state index contributed by atoms with van der Waals surface area (Å²) in [5.74, 6) is -5.74. The van der Waals surface area contributed by atoms with Crippen molar-refractivity contribution in [2.45, 2.75) is 68.2 Å². The molecule has 0 saturated carbocycles. The Bertz CT molecular complexity index is 2070. The van der Waals surface area contributed by atoms with Crippen LogP contribution in [0, 0.1) is 6.92 Å². The molecule has 5 rings (SSSR count). The number of thioether (sulfide) groups is 1. The second-order valence-corrected chi connectivity index (χ2v) is 15.1. The van der Waals surface area contributed by atoms with Gasteiger partial charge in [0.05, 0.1) is 12.6 Å². The number of allylic oxidation sites excluding steroid dienone is 1. The van der Waals surface area contributed by atoms with Crippen LogP contribution in [0.3, 0.4) is 0 Å². The predicted octanol–water partition coefficient (Wildman–Crippen LogP) is -3.81. The first-order valence-electron chi connectivity index (χ1n) is 17.5. The molecule has 25 nitrogen and oxygen atoms in total. The van der Waals surface area contributed by atoms with Crippen LogP contribution >= 0.6 is 23.3 Å². The van der Waals surface area contributed by atoms with E-state index in [9.17, 15) is 59.5 Å². The number of nitrogens with one attached hydrogen (secondary N) is 2. The van der Waals surface area contributed by atoms with Crippen LogP contribution < -0.4 is 22.2 Å². The van der Waals surface area contributed by atoms with Gasteiger partial charge < -0.3 is 80.3 Å². The van der Waals surface area contributed by atoms with Crippen molar-refractivity contribution in [3.63, 3.8) is 0 Å². The van der Waals surface area contributed by atoms with Crippen molar-refractivity contribution in [1.29, 1.82) is 0 Å². The number of nitrogen functional groups attached to an aromatic ring is 1. The Morgan fingerprint density at radius 3 is 2.47 bits per heavy atom. The average Bonchev–Trinajstić information content (AvgIpc) is 4.02. The van der Waals surface area contributed by atoms with Crippen molar-refractivity contribution in [3.05, 3.63) is 50.9 Å². The minimum Gasteiger partial charge on any atom is -0.477 e. The first kappa shape index (κ1) is 44.5. The molecule has 2 aromatic rings. The first-order valence-corrected chi connectivity index (χ1v) is 19.3. The molecule has 0 aromatic carbocycles. The molecule has 11 N–H and O–H groups in total. The van der Waals surface area contributed by atoms with E-state index in [1.54, 1.807) is 4.90 Å². The van der Waals surface area contributed by atoms with Crippen LogP contribution in [0.2, 0.25) is 0 Å². The Kier molecular flexibility index (Phi) is 14.7. The number of hydrogen-bond donors (Lipinski definition) is 10. The molecule has 2 saturated heterocycles. The minimum atomic E-state index is -2.11. The van der Waals surface area contributed by atoms with Crippen molar-refractivity contribution < 1.29 is 78.1 Å². The van der Waals surface area contributed by atoms with Gasteiger partial charge >= 0.3 is 23.9 Å². The number of ether oxygens (including phenoxy) is 2. The van der Waals surface area contributed by atoms with Gasteiger partial charge in [0, 0.05) is 42.5 Å². The number of aliphatic carboxylic acids is 1. The molecular weight excluding hydrogens is 833 g/mol. The van der Waals surface area contributed by atoms with Crippen LogP contribution in [-0.2, 0) is 35.3 Å². The second kappa shape index (κ2) is 19.4. The molecular formula is C32H40N8O17S2. The van der Waals surface area contributed by atoms with Gasteiger partial charge in [0.1, 0.15) is 42.1 Å². The van der Waals surface area contributed by atoms with Crippen LogP contribution in [0.25, 0.3) is 0 Å². The Balaban J connectivity index is 1.29. The molecule has 27 heteroatoms. The number of aliphatic hydroxyl groups excluding tert-OH is 5. The Morgan fingerprint density at radius 2 is 1.85 bits per heavy atom. The Labute approximate surface area is 339 Å². The fourth-order valence-electron chi connectivity index (χ4n) is 6.14. The number of hydrogen-bond acceptors (Lipinski definition) is 23. The van der Waals surface area contributed by atoms with Crippen molar-refractivity contribution in [3.8, 4) is 0 Å². The lowest BCUT2D eigenvalue weighted by atomic mass is 10.0. The first-order chi connectivity index (χ1) is 28.0. The SMILES string of the molecule is Cc1oc(=O)oc1COC(=O)N1CC[C@@H](N2CC/C(=C\C3=C(C(=O)O)NC([C@H](NC(=O)/C(=N\O)c4nsc(N)n4)C(=O)OCC(O)C(O)C(O)C(O)CO)SC3)C2=O)C1. The lowest BCUT2D eigenvalue weighted by molar-refractivity contribution is -0.159. The zero-order valence-corrected chi connectivity index (χ0v) is 32.5. The number of esters is 1. The van der Waals surface area contributed by atoms with Crippen molar-refractivity contribution in [2.24, 2.45) is 5.16 Å². The summed E-state index contributed by atoms with van der Waals surface area (Å²) in [7, 11) is 0. The maximum absolute atomic E-state index is 13.6. The highest BCUT2D eigenvalue weighted by molar-refractivity contribution is 8.00. The maximum atomic E-state index is 13.6. The molecule has 0 spiro atoms. The Hall–Kier alpha value is -5.58. The predicted molar refractivity (Wildman–Crippen MR) is 197 cm³/mol.